The predicted octanol–water partition coefficient (Wildman–Crippen LogP) is 1.43. The zero-order valence-electron chi connectivity index (χ0n) is 8.36. The van der Waals surface area contributed by atoms with E-state index in [1.165, 1.54) is 0 Å². The van der Waals surface area contributed by atoms with Crippen molar-refractivity contribution in [3.8, 4) is 0 Å². The topological polar surface area (TPSA) is 64.4 Å². The minimum Gasteiger partial charge on any atom is -0.382 e. The zero-order valence-corrected chi connectivity index (χ0v) is 9.25. The summed E-state index contributed by atoms with van der Waals surface area (Å²) in [6.45, 7) is 4.07. The predicted molar refractivity (Wildman–Crippen MR) is 63.4 cm³/mol. The Kier molecular flexibility index (Phi) is 3.06. The summed E-state index contributed by atoms with van der Waals surface area (Å²) in [6.07, 6.45) is 0. The standard InChI is InChI=1S/C10H15N3S/c1-10(2,14)8-5-3-7(4-6-8)9(11)13-12/h3-6,14H,12H2,1-2H3,(H2,11,13). The lowest BCUT2D eigenvalue weighted by atomic mass is 10.0. The molecule has 0 amide bonds. The summed E-state index contributed by atoms with van der Waals surface area (Å²) < 4.78 is -0.146. The lowest BCUT2D eigenvalue weighted by Crippen LogP contribution is -2.16. The highest BCUT2D eigenvalue weighted by molar-refractivity contribution is 7.81. The zero-order chi connectivity index (χ0) is 10.8. The van der Waals surface area contributed by atoms with Gasteiger partial charge in [-0.2, -0.15) is 17.7 Å². The second-order valence-corrected chi connectivity index (χ2v) is 4.77. The monoisotopic (exact) mass is 209 g/mol. The molecular formula is C10H15N3S. The Balaban J connectivity index is 3.01. The van der Waals surface area contributed by atoms with Gasteiger partial charge in [-0.25, -0.2) is 0 Å². The van der Waals surface area contributed by atoms with Crippen LogP contribution in [0.15, 0.2) is 29.4 Å². The summed E-state index contributed by atoms with van der Waals surface area (Å²) in [5.41, 5.74) is 7.52. The summed E-state index contributed by atoms with van der Waals surface area (Å²) in [6, 6.07) is 7.72. The number of hydrogen-bond donors (Lipinski definition) is 3. The summed E-state index contributed by atoms with van der Waals surface area (Å²) in [4.78, 5) is 0. The van der Waals surface area contributed by atoms with Crippen LogP contribution in [0.3, 0.4) is 0 Å². The number of benzene rings is 1. The van der Waals surface area contributed by atoms with Crippen LogP contribution in [-0.4, -0.2) is 5.84 Å². The van der Waals surface area contributed by atoms with E-state index in [-0.39, 0.29) is 4.75 Å². The highest BCUT2D eigenvalue weighted by Gasteiger charge is 2.14. The quantitative estimate of drug-likeness (QED) is 0.227. The van der Waals surface area contributed by atoms with E-state index in [0.717, 1.165) is 11.1 Å². The molecule has 0 bridgehead atoms. The van der Waals surface area contributed by atoms with Crippen LogP contribution in [0.2, 0.25) is 0 Å². The Morgan fingerprint density at radius 3 is 2.14 bits per heavy atom. The van der Waals surface area contributed by atoms with Crippen molar-refractivity contribution in [3.05, 3.63) is 35.4 Å². The molecule has 1 aromatic carbocycles. The van der Waals surface area contributed by atoms with Crippen LogP contribution in [-0.2, 0) is 4.75 Å². The summed E-state index contributed by atoms with van der Waals surface area (Å²) >= 11 is 4.47. The Morgan fingerprint density at radius 2 is 1.79 bits per heavy atom. The van der Waals surface area contributed by atoms with Gasteiger partial charge in [0.05, 0.1) is 0 Å². The molecule has 0 atom stereocenters. The molecule has 1 aromatic rings. The number of nitrogens with two attached hydrogens (primary N) is 2. The number of hydrogen-bond acceptors (Lipinski definition) is 3. The van der Waals surface area contributed by atoms with Crippen LogP contribution < -0.4 is 11.6 Å². The molecule has 0 aromatic heterocycles. The van der Waals surface area contributed by atoms with Gasteiger partial charge in [-0.1, -0.05) is 24.3 Å². The summed E-state index contributed by atoms with van der Waals surface area (Å²) in [7, 11) is 0. The van der Waals surface area contributed by atoms with E-state index in [1.807, 2.05) is 38.1 Å². The van der Waals surface area contributed by atoms with Crippen molar-refractivity contribution in [3.63, 3.8) is 0 Å². The number of nitrogens with zero attached hydrogens (tertiary/aromatic N) is 1. The van der Waals surface area contributed by atoms with Gasteiger partial charge < -0.3 is 11.6 Å². The van der Waals surface area contributed by atoms with Gasteiger partial charge in [0.1, 0.15) is 5.84 Å². The highest BCUT2D eigenvalue weighted by atomic mass is 32.1. The molecule has 0 aliphatic heterocycles. The minimum atomic E-state index is -0.146. The normalized spacial score (nSPS) is 12.9. The van der Waals surface area contributed by atoms with Crippen LogP contribution in [0.4, 0.5) is 0 Å². The van der Waals surface area contributed by atoms with Crippen LogP contribution >= 0.6 is 12.6 Å². The maximum Gasteiger partial charge on any atom is 0.150 e. The molecule has 4 N–H and O–H groups in total. The van der Waals surface area contributed by atoms with E-state index >= 15 is 0 Å². The molecule has 0 fully saturated rings. The van der Waals surface area contributed by atoms with Crippen molar-refractivity contribution in [1.82, 2.24) is 0 Å². The Morgan fingerprint density at radius 1 is 1.29 bits per heavy atom. The van der Waals surface area contributed by atoms with E-state index in [2.05, 4.69) is 17.7 Å². The fourth-order valence-corrected chi connectivity index (χ4v) is 1.27. The molecule has 76 valence electrons. The van der Waals surface area contributed by atoms with Crippen molar-refractivity contribution >= 4 is 18.5 Å². The summed E-state index contributed by atoms with van der Waals surface area (Å²) in [5.74, 6) is 5.42. The van der Waals surface area contributed by atoms with Gasteiger partial charge in [-0.05, 0) is 19.4 Å². The average Bonchev–Trinajstić information content (AvgIpc) is 2.15. The molecule has 0 spiro atoms. The molecule has 0 saturated heterocycles. The molecule has 0 radical (unpaired) electrons. The Hall–Kier alpha value is -1.16. The molecule has 14 heavy (non-hydrogen) atoms. The highest BCUT2D eigenvalue weighted by Crippen LogP contribution is 2.26. The van der Waals surface area contributed by atoms with Gasteiger partial charge in [0.2, 0.25) is 0 Å². The largest absolute Gasteiger partial charge is 0.382 e. The van der Waals surface area contributed by atoms with Crippen molar-refractivity contribution < 1.29 is 0 Å². The van der Waals surface area contributed by atoms with Gasteiger partial charge in [0.25, 0.3) is 0 Å². The van der Waals surface area contributed by atoms with Crippen LogP contribution in [0.25, 0.3) is 0 Å². The number of thiol groups is 1. The fraction of sp³-hybridized carbons (Fsp3) is 0.300. The molecule has 0 aliphatic rings. The van der Waals surface area contributed by atoms with E-state index in [4.69, 9.17) is 11.6 Å². The molecule has 0 aliphatic carbocycles. The van der Waals surface area contributed by atoms with E-state index in [9.17, 15) is 0 Å². The van der Waals surface area contributed by atoms with Crippen LogP contribution in [0, 0.1) is 0 Å². The second kappa shape index (κ2) is 3.92. The van der Waals surface area contributed by atoms with Crippen LogP contribution in [0.5, 0.6) is 0 Å². The molecule has 0 saturated carbocycles. The fourth-order valence-electron chi connectivity index (χ4n) is 1.12. The average molecular weight is 209 g/mol. The Bertz CT molecular complexity index is 335. The number of hydrazone groups is 1. The van der Waals surface area contributed by atoms with Gasteiger partial charge >= 0.3 is 0 Å². The Labute approximate surface area is 89.6 Å². The minimum absolute atomic E-state index is 0.146. The second-order valence-electron chi connectivity index (χ2n) is 3.65. The lowest BCUT2D eigenvalue weighted by Gasteiger charge is -2.17. The molecular weight excluding hydrogens is 194 g/mol. The van der Waals surface area contributed by atoms with Gasteiger partial charge in [0, 0.05) is 10.3 Å². The van der Waals surface area contributed by atoms with Gasteiger partial charge in [0.15, 0.2) is 0 Å². The first-order valence-electron chi connectivity index (χ1n) is 4.32. The van der Waals surface area contributed by atoms with Crippen molar-refractivity contribution in [2.24, 2.45) is 16.7 Å². The molecule has 3 nitrogen and oxygen atoms in total. The summed E-state index contributed by atoms with van der Waals surface area (Å²) in [5, 5.41) is 3.43. The molecule has 1 rings (SSSR count). The lowest BCUT2D eigenvalue weighted by molar-refractivity contribution is 0.791. The molecule has 0 heterocycles. The molecule has 0 unspecified atom stereocenters. The third kappa shape index (κ3) is 2.42. The van der Waals surface area contributed by atoms with Gasteiger partial charge in [-0.15, -0.1) is 0 Å². The number of amidine groups is 1. The molecule has 4 heteroatoms. The maximum atomic E-state index is 5.56. The van der Waals surface area contributed by atoms with E-state index in [0.29, 0.717) is 5.84 Å². The smallest absolute Gasteiger partial charge is 0.150 e. The third-order valence-electron chi connectivity index (χ3n) is 2.03. The first-order valence-corrected chi connectivity index (χ1v) is 4.76. The first kappa shape index (κ1) is 10.9. The number of rotatable bonds is 2. The van der Waals surface area contributed by atoms with Crippen LogP contribution in [0.1, 0.15) is 25.0 Å². The first-order chi connectivity index (χ1) is 6.45. The maximum absolute atomic E-state index is 5.56. The van der Waals surface area contributed by atoms with Crippen molar-refractivity contribution in [1.29, 1.82) is 0 Å². The van der Waals surface area contributed by atoms with Crippen molar-refractivity contribution in [2.75, 3.05) is 0 Å². The van der Waals surface area contributed by atoms with Gasteiger partial charge in [-0.3, -0.25) is 0 Å². The third-order valence-corrected chi connectivity index (χ3v) is 2.28. The van der Waals surface area contributed by atoms with Crippen molar-refractivity contribution in [2.45, 2.75) is 18.6 Å². The van der Waals surface area contributed by atoms with E-state index in [1.54, 1.807) is 0 Å². The van der Waals surface area contributed by atoms with E-state index < -0.39 is 0 Å². The SMILES string of the molecule is CC(C)(S)c1ccc(/C(N)=N/N)cc1.